The molecule has 0 saturated carbocycles. The van der Waals surface area contributed by atoms with Gasteiger partial charge < -0.3 is 19.5 Å². The first-order valence-electron chi connectivity index (χ1n) is 12.3. The van der Waals surface area contributed by atoms with Crippen molar-refractivity contribution in [3.05, 3.63) is 83.4 Å². The molecule has 3 aromatic carbocycles. The molecule has 38 heavy (non-hydrogen) atoms. The highest BCUT2D eigenvalue weighted by molar-refractivity contribution is 6.39. The molecule has 9 nitrogen and oxygen atoms in total. The molecule has 2 amide bonds. The summed E-state index contributed by atoms with van der Waals surface area (Å²) in [6.45, 7) is 4.74. The van der Waals surface area contributed by atoms with E-state index >= 15 is 0 Å². The Kier molecular flexibility index (Phi) is 10.4. The minimum atomic E-state index is -0.917. The van der Waals surface area contributed by atoms with Crippen LogP contribution in [0.1, 0.15) is 48.2 Å². The number of aryl methyl sites for hydroxylation is 1. The Morgan fingerprint density at radius 2 is 1.63 bits per heavy atom. The van der Waals surface area contributed by atoms with Gasteiger partial charge in [0, 0.05) is 5.69 Å². The quantitative estimate of drug-likeness (QED) is 0.0948. The largest absolute Gasteiger partial charge is 0.494 e. The number of rotatable bonds is 11. The Balaban J connectivity index is 1.55. The average molecular weight is 518 g/mol. The monoisotopic (exact) mass is 517 g/mol. The second-order valence-electron chi connectivity index (χ2n) is 8.23. The number of carbonyl (C=O) groups is 3. The molecule has 0 aromatic heterocycles. The number of esters is 1. The number of ether oxygens (including phenoxy) is 3. The van der Waals surface area contributed by atoms with Gasteiger partial charge in [-0.3, -0.25) is 9.59 Å². The Labute approximate surface area is 221 Å². The van der Waals surface area contributed by atoms with Crippen LogP contribution in [0.5, 0.6) is 17.2 Å². The van der Waals surface area contributed by atoms with E-state index in [4.69, 9.17) is 14.2 Å². The number of carbonyl (C=O) groups excluding carboxylic acids is 3. The summed E-state index contributed by atoms with van der Waals surface area (Å²) in [6, 6.07) is 18.7. The third-order valence-electron chi connectivity index (χ3n) is 5.45. The van der Waals surface area contributed by atoms with Gasteiger partial charge in [-0.2, -0.15) is 5.10 Å². The van der Waals surface area contributed by atoms with Gasteiger partial charge in [-0.25, -0.2) is 10.2 Å². The second kappa shape index (κ2) is 14.2. The zero-order valence-corrected chi connectivity index (χ0v) is 21.7. The van der Waals surface area contributed by atoms with E-state index in [-0.39, 0.29) is 5.75 Å². The highest BCUT2D eigenvalue weighted by atomic mass is 16.6. The molecule has 0 fully saturated rings. The molecule has 3 aromatic rings. The molecule has 0 aliphatic heterocycles. The number of amides is 2. The van der Waals surface area contributed by atoms with Crippen molar-refractivity contribution in [2.24, 2.45) is 5.10 Å². The molecule has 0 saturated heterocycles. The maximum Gasteiger partial charge on any atom is 0.343 e. The number of methoxy groups -OCH3 is 1. The van der Waals surface area contributed by atoms with Crippen molar-refractivity contribution in [2.75, 3.05) is 19.0 Å². The SMILES string of the molecule is CCCCOc1ccc(C(=O)Oc2ccc(/C=N/NC(=O)C(=O)Nc3ccc(CC)cc3)cc2OC)cc1. The summed E-state index contributed by atoms with van der Waals surface area (Å²) >= 11 is 0. The van der Waals surface area contributed by atoms with E-state index in [1.807, 2.05) is 19.1 Å². The number of nitrogens with zero attached hydrogens (tertiary/aromatic N) is 1. The lowest BCUT2D eigenvalue weighted by Gasteiger charge is -2.10. The summed E-state index contributed by atoms with van der Waals surface area (Å²) in [7, 11) is 1.44. The summed E-state index contributed by atoms with van der Waals surface area (Å²) < 4.78 is 16.4. The highest BCUT2D eigenvalue weighted by Crippen LogP contribution is 2.28. The normalized spacial score (nSPS) is 10.6. The van der Waals surface area contributed by atoms with Crippen LogP contribution in [0.25, 0.3) is 0 Å². The van der Waals surface area contributed by atoms with Crippen molar-refractivity contribution in [1.82, 2.24) is 5.43 Å². The van der Waals surface area contributed by atoms with Gasteiger partial charge in [-0.15, -0.1) is 0 Å². The molecule has 0 atom stereocenters. The Hall–Kier alpha value is -4.66. The summed E-state index contributed by atoms with van der Waals surface area (Å²) in [4.78, 5) is 36.7. The van der Waals surface area contributed by atoms with Crippen LogP contribution in [0.4, 0.5) is 5.69 Å². The maximum atomic E-state index is 12.6. The standard InChI is InChI=1S/C29H31N3O6/c1-4-6-17-37-24-14-10-22(11-15-24)29(35)38-25-16-9-21(18-26(25)36-3)19-30-32-28(34)27(33)31-23-12-7-20(5-2)8-13-23/h7-16,18-19H,4-6,17H2,1-3H3,(H,31,33)(H,32,34)/b30-19+. The zero-order chi connectivity index (χ0) is 27.3. The third-order valence-corrected chi connectivity index (χ3v) is 5.45. The van der Waals surface area contributed by atoms with Gasteiger partial charge in [0.25, 0.3) is 0 Å². The Bertz CT molecular complexity index is 1270. The molecule has 0 bridgehead atoms. The van der Waals surface area contributed by atoms with Crippen molar-refractivity contribution in [1.29, 1.82) is 0 Å². The average Bonchev–Trinajstić information content (AvgIpc) is 2.94. The fourth-order valence-corrected chi connectivity index (χ4v) is 3.26. The predicted molar refractivity (Wildman–Crippen MR) is 145 cm³/mol. The molecule has 0 aliphatic rings. The van der Waals surface area contributed by atoms with Crippen molar-refractivity contribution in [3.63, 3.8) is 0 Å². The van der Waals surface area contributed by atoms with Gasteiger partial charge in [0.1, 0.15) is 5.75 Å². The number of hydrogen-bond donors (Lipinski definition) is 2. The van der Waals surface area contributed by atoms with E-state index < -0.39 is 17.8 Å². The van der Waals surface area contributed by atoms with Crippen LogP contribution in [-0.4, -0.2) is 37.7 Å². The minimum Gasteiger partial charge on any atom is -0.494 e. The molecule has 2 N–H and O–H groups in total. The Morgan fingerprint density at radius 1 is 0.895 bits per heavy atom. The molecule has 0 aliphatic carbocycles. The van der Waals surface area contributed by atoms with E-state index in [0.29, 0.717) is 34.9 Å². The van der Waals surface area contributed by atoms with Crippen LogP contribution in [0.15, 0.2) is 71.8 Å². The molecule has 3 rings (SSSR count). The first kappa shape index (κ1) is 27.9. The second-order valence-corrected chi connectivity index (χ2v) is 8.23. The predicted octanol–water partition coefficient (Wildman–Crippen LogP) is 4.74. The fourth-order valence-electron chi connectivity index (χ4n) is 3.26. The van der Waals surface area contributed by atoms with Crippen LogP contribution in [0.3, 0.4) is 0 Å². The number of anilines is 1. The number of unbranched alkanes of at least 4 members (excludes halogenated alkanes) is 1. The molecule has 198 valence electrons. The molecule has 0 radical (unpaired) electrons. The first-order chi connectivity index (χ1) is 18.4. The number of benzene rings is 3. The smallest absolute Gasteiger partial charge is 0.343 e. The highest BCUT2D eigenvalue weighted by Gasteiger charge is 2.14. The van der Waals surface area contributed by atoms with Gasteiger partial charge >= 0.3 is 17.8 Å². The van der Waals surface area contributed by atoms with Crippen molar-refractivity contribution in [3.8, 4) is 17.2 Å². The summed E-state index contributed by atoms with van der Waals surface area (Å²) in [6.07, 6.45) is 4.21. The van der Waals surface area contributed by atoms with Crippen LogP contribution in [0.2, 0.25) is 0 Å². The maximum absolute atomic E-state index is 12.6. The van der Waals surface area contributed by atoms with Crippen LogP contribution in [-0.2, 0) is 16.0 Å². The van der Waals surface area contributed by atoms with Crippen molar-refractivity contribution < 1.29 is 28.6 Å². The van der Waals surface area contributed by atoms with Crippen molar-refractivity contribution in [2.45, 2.75) is 33.1 Å². The molecular formula is C29H31N3O6. The first-order valence-corrected chi connectivity index (χ1v) is 12.3. The molecule has 9 heteroatoms. The molecule has 0 heterocycles. The summed E-state index contributed by atoms with van der Waals surface area (Å²) in [5.41, 5.74) is 4.73. The van der Waals surface area contributed by atoms with Gasteiger partial charge in [0.2, 0.25) is 0 Å². The lowest BCUT2D eigenvalue weighted by molar-refractivity contribution is -0.136. The Morgan fingerprint density at radius 3 is 2.29 bits per heavy atom. The lowest BCUT2D eigenvalue weighted by atomic mass is 10.1. The van der Waals surface area contributed by atoms with E-state index in [1.165, 1.54) is 13.3 Å². The molecule has 0 unspecified atom stereocenters. The topological polar surface area (TPSA) is 115 Å². The zero-order valence-electron chi connectivity index (χ0n) is 21.7. The van der Waals surface area contributed by atoms with E-state index in [2.05, 4.69) is 22.8 Å². The molecule has 0 spiro atoms. The fraction of sp³-hybridized carbons (Fsp3) is 0.241. The van der Waals surface area contributed by atoms with Crippen LogP contribution in [0, 0.1) is 0 Å². The van der Waals surface area contributed by atoms with Crippen LogP contribution >= 0.6 is 0 Å². The summed E-state index contributed by atoms with van der Waals surface area (Å²) in [5, 5.41) is 6.33. The lowest BCUT2D eigenvalue weighted by Crippen LogP contribution is -2.32. The number of hydrogen-bond acceptors (Lipinski definition) is 7. The van der Waals surface area contributed by atoms with Gasteiger partial charge in [-0.05, 0) is 78.6 Å². The number of hydrazone groups is 1. The number of nitrogens with one attached hydrogen (secondary N) is 2. The van der Waals surface area contributed by atoms with E-state index in [0.717, 1.165) is 24.8 Å². The van der Waals surface area contributed by atoms with Gasteiger partial charge in [0.15, 0.2) is 11.5 Å². The third kappa shape index (κ3) is 8.19. The summed E-state index contributed by atoms with van der Waals surface area (Å²) in [5.74, 6) is -1.11. The van der Waals surface area contributed by atoms with Gasteiger partial charge in [0.05, 0.1) is 25.5 Å². The van der Waals surface area contributed by atoms with E-state index in [9.17, 15) is 14.4 Å². The van der Waals surface area contributed by atoms with Crippen molar-refractivity contribution >= 4 is 29.7 Å². The van der Waals surface area contributed by atoms with E-state index in [1.54, 1.807) is 54.6 Å². The van der Waals surface area contributed by atoms with Gasteiger partial charge in [-0.1, -0.05) is 32.4 Å². The van der Waals surface area contributed by atoms with Crippen LogP contribution < -0.4 is 25.0 Å². The molecular weight excluding hydrogens is 486 g/mol. The minimum absolute atomic E-state index is 0.218.